The van der Waals surface area contributed by atoms with Crippen LogP contribution in [0, 0.1) is 6.92 Å². The van der Waals surface area contributed by atoms with Crippen molar-refractivity contribution in [2.45, 2.75) is 19.9 Å². The van der Waals surface area contributed by atoms with E-state index in [4.69, 9.17) is 28.9 Å². The lowest BCUT2D eigenvalue weighted by atomic mass is 10.0. The highest BCUT2D eigenvalue weighted by molar-refractivity contribution is 6.42. The van der Waals surface area contributed by atoms with Crippen LogP contribution in [0.3, 0.4) is 0 Å². The van der Waals surface area contributed by atoms with E-state index in [1.807, 2.05) is 32.0 Å². The van der Waals surface area contributed by atoms with Crippen LogP contribution in [-0.2, 0) is 0 Å². The van der Waals surface area contributed by atoms with Gasteiger partial charge in [-0.1, -0.05) is 35.3 Å². The minimum Gasteiger partial charge on any atom is -0.378 e. The molecule has 3 nitrogen and oxygen atoms in total. The fourth-order valence-corrected chi connectivity index (χ4v) is 2.46. The third-order valence-corrected chi connectivity index (χ3v) is 4.15. The predicted octanol–water partition coefficient (Wildman–Crippen LogP) is 4.57. The van der Waals surface area contributed by atoms with Gasteiger partial charge >= 0.3 is 0 Å². The zero-order chi connectivity index (χ0) is 15.6. The zero-order valence-electron chi connectivity index (χ0n) is 11.8. The molecule has 21 heavy (non-hydrogen) atoms. The van der Waals surface area contributed by atoms with Gasteiger partial charge in [0.1, 0.15) is 0 Å². The summed E-state index contributed by atoms with van der Waals surface area (Å²) in [5.41, 5.74) is 8.58. The number of carbonyl (C=O) groups excluding carboxylic acids is 1. The Balaban J connectivity index is 2.27. The molecule has 3 N–H and O–H groups in total. The number of hydrogen-bond donors (Lipinski definition) is 2. The van der Waals surface area contributed by atoms with Crippen LogP contribution in [0.2, 0.25) is 10.0 Å². The van der Waals surface area contributed by atoms with Gasteiger partial charge < -0.3 is 11.1 Å². The molecule has 0 aliphatic rings. The monoisotopic (exact) mass is 322 g/mol. The van der Waals surface area contributed by atoms with Crippen LogP contribution in [0.1, 0.15) is 34.5 Å². The lowest BCUT2D eigenvalue weighted by molar-refractivity contribution is 0.1000. The number of amides is 1. The largest absolute Gasteiger partial charge is 0.378 e. The van der Waals surface area contributed by atoms with Crippen molar-refractivity contribution in [3.63, 3.8) is 0 Å². The fraction of sp³-hybridized carbons (Fsp3) is 0.188. The summed E-state index contributed by atoms with van der Waals surface area (Å²) >= 11 is 12.0. The molecule has 110 valence electrons. The number of halogens is 2. The summed E-state index contributed by atoms with van der Waals surface area (Å²) < 4.78 is 0. The van der Waals surface area contributed by atoms with Crippen molar-refractivity contribution in [2.75, 3.05) is 5.32 Å². The van der Waals surface area contributed by atoms with Crippen LogP contribution in [0.25, 0.3) is 0 Å². The summed E-state index contributed by atoms with van der Waals surface area (Å²) in [6.07, 6.45) is 0. The van der Waals surface area contributed by atoms with Gasteiger partial charge in [0.05, 0.1) is 10.0 Å². The summed E-state index contributed by atoms with van der Waals surface area (Å²) in [5.74, 6) is -0.432. The van der Waals surface area contributed by atoms with E-state index < -0.39 is 5.91 Å². The first-order chi connectivity index (χ1) is 9.90. The molecule has 1 atom stereocenters. The summed E-state index contributed by atoms with van der Waals surface area (Å²) in [5, 5.41) is 4.41. The first-order valence-corrected chi connectivity index (χ1v) is 7.26. The van der Waals surface area contributed by atoms with Crippen molar-refractivity contribution in [2.24, 2.45) is 5.73 Å². The van der Waals surface area contributed by atoms with Crippen molar-refractivity contribution in [3.05, 3.63) is 63.1 Å². The maximum atomic E-state index is 11.4. The molecule has 0 aliphatic carbocycles. The summed E-state index contributed by atoms with van der Waals surface area (Å²) in [6.45, 7) is 3.87. The predicted molar refractivity (Wildman–Crippen MR) is 88.2 cm³/mol. The number of primary amides is 1. The third kappa shape index (κ3) is 3.49. The van der Waals surface area contributed by atoms with E-state index in [-0.39, 0.29) is 6.04 Å². The second-order valence-electron chi connectivity index (χ2n) is 4.88. The minimum atomic E-state index is -0.432. The minimum absolute atomic E-state index is 0.0154. The maximum Gasteiger partial charge on any atom is 0.249 e. The number of anilines is 1. The van der Waals surface area contributed by atoms with Crippen molar-refractivity contribution in [1.82, 2.24) is 0 Å². The Morgan fingerprint density at radius 2 is 1.90 bits per heavy atom. The van der Waals surface area contributed by atoms with Crippen LogP contribution in [0.15, 0.2) is 36.4 Å². The normalized spacial score (nSPS) is 12.0. The molecule has 0 aromatic heterocycles. The molecule has 0 saturated carbocycles. The molecule has 2 aromatic carbocycles. The summed E-state index contributed by atoms with van der Waals surface area (Å²) in [4.78, 5) is 11.4. The highest BCUT2D eigenvalue weighted by atomic mass is 35.5. The van der Waals surface area contributed by atoms with Crippen LogP contribution in [0.4, 0.5) is 5.69 Å². The van der Waals surface area contributed by atoms with E-state index in [2.05, 4.69) is 5.32 Å². The average molecular weight is 323 g/mol. The van der Waals surface area contributed by atoms with Crippen LogP contribution in [-0.4, -0.2) is 5.91 Å². The Morgan fingerprint density at radius 3 is 2.52 bits per heavy atom. The highest BCUT2D eigenvalue weighted by Gasteiger charge is 2.12. The standard InChI is InChI=1S/C16H16Cl2N2O/c1-9-12(16(19)21)4-3-5-15(9)20-10(2)11-6-7-13(17)14(18)8-11/h3-8,10,20H,1-2H3,(H2,19,21). The van der Waals surface area contributed by atoms with Crippen molar-refractivity contribution in [3.8, 4) is 0 Å². The van der Waals surface area contributed by atoms with Gasteiger partial charge in [-0.25, -0.2) is 0 Å². The van der Waals surface area contributed by atoms with Gasteiger partial charge in [0.25, 0.3) is 0 Å². The lowest BCUT2D eigenvalue weighted by Crippen LogP contribution is -2.15. The molecule has 1 unspecified atom stereocenters. The second-order valence-corrected chi connectivity index (χ2v) is 5.70. The quantitative estimate of drug-likeness (QED) is 0.866. The number of rotatable bonds is 4. The van der Waals surface area contributed by atoms with Gasteiger partial charge in [-0.15, -0.1) is 0 Å². The average Bonchev–Trinajstić information content (AvgIpc) is 2.43. The molecule has 5 heteroatoms. The second kappa shape index (κ2) is 6.37. The number of carbonyl (C=O) groups is 1. The number of nitrogens with one attached hydrogen (secondary N) is 1. The third-order valence-electron chi connectivity index (χ3n) is 3.41. The Morgan fingerprint density at radius 1 is 1.19 bits per heavy atom. The van der Waals surface area contributed by atoms with Crippen LogP contribution < -0.4 is 11.1 Å². The first-order valence-electron chi connectivity index (χ1n) is 6.51. The summed E-state index contributed by atoms with van der Waals surface area (Å²) in [7, 11) is 0. The Kier molecular flexibility index (Phi) is 4.76. The van der Waals surface area contributed by atoms with Gasteiger partial charge in [0.15, 0.2) is 0 Å². The lowest BCUT2D eigenvalue weighted by Gasteiger charge is -2.19. The number of benzene rings is 2. The van der Waals surface area contributed by atoms with E-state index in [0.29, 0.717) is 15.6 Å². The first kappa shape index (κ1) is 15.7. The number of hydrogen-bond acceptors (Lipinski definition) is 2. The van der Waals surface area contributed by atoms with Crippen molar-refractivity contribution in [1.29, 1.82) is 0 Å². The molecule has 0 spiro atoms. The van der Waals surface area contributed by atoms with Crippen molar-refractivity contribution < 1.29 is 4.79 Å². The summed E-state index contributed by atoms with van der Waals surface area (Å²) in [6, 6.07) is 11.0. The van der Waals surface area contributed by atoms with E-state index in [1.54, 1.807) is 18.2 Å². The Bertz CT molecular complexity index is 686. The van der Waals surface area contributed by atoms with Crippen LogP contribution >= 0.6 is 23.2 Å². The molecule has 2 rings (SSSR count). The fourth-order valence-electron chi connectivity index (χ4n) is 2.16. The van der Waals surface area contributed by atoms with E-state index in [1.165, 1.54) is 0 Å². The van der Waals surface area contributed by atoms with Gasteiger partial charge in [-0.3, -0.25) is 4.79 Å². The molecular formula is C16H16Cl2N2O. The molecule has 2 aromatic rings. The Hall–Kier alpha value is -1.71. The highest BCUT2D eigenvalue weighted by Crippen LogP contribution is 2.28. The topological polar surface area (TPSA) is 55.1 Å². The molecule has 0 radical (unpaired) electrons. The molecule has 1 amide bonds. The molecule has 0 saturated heterocycles. The molecule has 0 bridgehead atoms. The van der Waals surface area contributed by atoms with Crippen LogP contribution in [0.5, 0.6) is 0 Å². The van der Waals surface area contributed by atoms with Crippen molar-refractivity contribution >= 4 is 34.8 Å². The molecular weight excluding hydrogens is 307 g/mol. The smallest absolute Gasteiger partial charge is 0.249 e. The molecule has 0 aliphatic heterocycles. The SMILES string of the molecule is Cc1c(NC(C)c2ccc(Cl)c(Cl)c2)cccc1C(N)=O. The number of nitrogens with two attached hydrogens (primary N) is 1. The molecule has 0 heterocycles. The zero-order valence-corrected chi connectivity index (χ0v) is 13.3. The van der Waals surface area contributed by atoms with E-state index in [9.17, 15) is 4.79 Å². The maximum absolute atomic E-state index is 11.4. The Labute approximate surface area is 134 Å². The van der Waals surface area contributed by atoms with E-state index >= 15 is 0 Å². The van der Waals surface area contributed by atoms with Gasteiger partial charge in [0, 0.05) is 17.3 Å². The van der Waals surface area contributed by atoms with Gasteiger partial charge in [0.2, 0.25) is 5.91 Å². The van der Waals surface area contributed by atoms with E-state index in [0.717, 1.165) is 16.8 Å². The van der Waals surface area contributed by atoms with Gasteiger partial charge in [-0.2, -0.15) is 0 Å². The van der Waals surface area contributed by atoms with Gasteiger partial charge in [-0.05, 0) is 49.2 Å². The molecule has 0 fully saturated rings.